The summed E-state index contributed by atoms with van der Waals surface area (Å²) in [5.74, 6) is 0.146. The number of aliphatic carboxylic acids is 1. The van der Waals surface area contributed by atoms with Crippen molar-refractivity contribution in [3.63, 3.8) is 0 Å². The minimum atomic E-state index is -2.24. The van der Waals surface area contributed by atoms with Crippen LogP contribution in [0.3, 0.4) is 0 Å². The second kappa shape index (κ2) is 20.2. The van der Waals surface area contributed by atoms with Crippen LogP contribution in [0.4, 0.5) is 0 Å². The highest BCUT2D eigenvalue weighted by molar-refractivity contribution is 9.11. The van der Waals surface area contributed by atoms with Gasteiger partial charge in [0.1, 0.15) is 28.8 Å². The van der Waals surface area contributed by atoms with Crippen molar-refractivity contribution in [3.8, 4) is 34.3 Å². The molecular weight excluding hydrogens is 904 g/mol. The van der Waals surface area contributed by atoms with Crippen LogP contribution in [0.5, 0.6) is 23.1 Å². The lowest BCUT2D eigenvalue weighted by molar-refractivity contribution is -0.145. The topological polar surface area (TPSA) is 139 Å². The molecule has 0 spiro atoms. The molecule has 0 radical (unpaired) electrons. The average Bonchev–Trinajstić information content (AvgIpc) is 3.47. The number of rotatable bonds is 21. The molecule has 0 fully saturated rings. The fraction of sp³-hybridized carbons (Fsp3) is 0.488. The molecule has 318 valence electrons. The number of nitrogens with zero attached hydrogens (tertiary/aromatic N) is 2. The molecule has 17 heteroatoms. The molecule has 0 aliphatic heterocycles. The van der Waals surface area contributed by atoms with Gasteiger partial charge in [0, 0.05) is 32.2 Å². The monoisotopic (exact) mass is 956 g/mol. The zero-order valence-electron chi connectivity index (χ0n) is 34.9. The van der Waals surface area contributed by atoms with E-state index in [0.29, 0.717) is 59.9 Å². The molecule has 2 unspecified atom stereocenters. The molecule has 58 heavy (non-hydrogen) atoms. The van der Waals surface area contributed by atoms with Gasteiger partial charge in [-0.05, 0) is 88.8 Å². The fourth-order valence-corrected chi connectivity index (χ4v) is 9.62. The van der Waals surface area contributed by atoms with E-state index in [1.807, 2.05) is 26.0 Å². The highest BCUT2D eigenvalue weighted by Gasteiger charge is 2.39. The SMILES string of the molecule is C=CCOCC(CO)Oc1c(Cl)c(C)c(-c2c(Br)sc3ncnc(OC(Cc4cc(O[Si](C)(C)C(C)(C)C)ccc4OCOCC[Si](C)(C)C)C(=O)O)c23)c(C)c1Cl. The number of aromatic nitrogens is 2. The number of benzene rings is 2. The fourth-order valence-electron chi connectivity index (χ4n) is 5.61. The molecule has 2 aromatic heterocycles. The van der Waals surface area contributed by atoms with Gasteiger partial charge < -0.3 is 38.3 Å². The molecule has 2 atom stereocenters. The Hall–Kier alpha value is -2.74. The van der Waals surface area contributed by atoms with Gasteiger partial charge in [0.15, 0.2) is 12.5 Å². The number of carbonyl (C=O) groups is 1. The quantitative estimate of drug-likeness (QED) is 0.0357. The van der Waals surface area contributed by atoms with Gasteiger partial charge in [-0.1, -0.05) is 69.7 Å². The van der Waals surface area contributed by atoms with Crippen LogP contribution < -0.4 is 18.6 Å². The summed E-state index contributed by atoms with van der Waals surface area (Å²) in [6.45, 7) is 25.5. The van der Waals surface area contributed by atoms with Gasteiger partial charge in [-0.2, -0.15) is 0 Å². The van der Waals surface area contributed by atoms with Gasteiger partial charge in [-0.25, -0.2) is 14.8 Å². The van der Waals surface area contributed by atoms with Crippen molar-refractivity contribution in [1.82, 2.24) is 9.97 Å². The standard InChI is InChI=1S/C41H55BrCl2N2O9SSi2/c1-12-15-50-21-28(20-47)53-36-34(43)24(2)31(25(3)35(36)44)32-33-38(45-22-46-39(33)56-37(32)42)54-30(40(48)49)19-26-18-27(55-58(10,11)41(4,5)6)13-14-29(26)52-23-51-16-17-57(7,8)9/h12-14,18,22,28,30,47H,1,15-17,19-21,23H2,2-11H3,(H,48,49). The molecule has 2 heterocycles. The van der Waals surface area contributed by atoms with Crippen molar-refractivity contribution < 1.29 is 43.1 Å². The van der Waals surface area contributed by atoms with E-state index in [-0.39, 0.29) is 59.7 Å². The van der Waals surface area contributed by atoms with E-state index in [9.17, 15) is 15.0 Å². The van der Waals surface area contributed by atoms with Crippen LogP contribution in [0.15, 0.2) is 41.0 Å². The van der Waals surface area contributed by atoms with Gasteiger partial charge in [0.2, 0.25) is 20.3 Å². The molecule has 2 N–H and O–H groups in total. The molecule has 0 saturated carbocycles. The lowest BCUT2D eigenvalue weighted by Crippen LogP contribution is -2.43. The number of fused-ring (bicyclic) bond motifs is 1. The summed E-state index contributed by atoms with van der Waals surface area (Å²) < 4.78 is 37.2. The van der Waals surface area contributed by atoms with Crippen molar-refractivity contribution in [2.45, 2.75) is 97.1 Å². The Morgan fingerprint density at radius 3 is 2.29 bits per heavy atom. The van der Waals surface area contributed by atoms with Crippen molar-refractivity contribution in [2.75, 3.05) is 33.2 Å². The van der Waals surface area contributed by atoms with Gasteiger partial charge in [0.25, 0.3) is 0 Å². The molecule has 4 rings (SSSR count). The van der Waals surface area contributed by atoms with E-state index < -0.39 is 34.6 Å². The summed E-state index contributed by atoms with van der Waals surface area (Å²) in [6.07, 6.45) is 0.728. The number of ether oxygens (including phenoxy) is 5. The van der Waals surface area contributed by atoms with Crippen LogP contribution >= 0.6 is 50.5 Å². The maximum atomic E-state index is 13.0. The van der Waals surface area contributed by atoms with Crippen LogP contribution in [-0.4, -0.2) is 88.0 Å². The van der Waals surface area contributed by atoms with E-state index >= 15 is 0 Å². The van der Waals surface area contributed by atoms with E-state index in [0.717, 1.165) is 6.04 Å². The number of halogens is 3. The third-order valence-corrected chi connectivity index (χ3v) is 18.7. The lowest BCUT2D eigenvalue weighted by atomic mass is 9.95. The first kappa shape index (κ1) is 47.9. The Morgan fingerprint density at radius 2 is 1.71 bits per heavy atom. The molecular formula is C41H55BrCl2N2O9SSi2. The second-order valence-corrected chi connectivity index (χ2v) is 30.1. The molecule has 11 nitrogen and oxygen atoms in total. The van der Waals surface area contributed by atoms with Crippen LogP contribution in [0.2, 0.25) is 53.9 Å². The molecule has 0 bridgehead atoms. The number of carboxylic acids is 1. The van der Waals surface area contributed by atoms with Gasteiger partial charge >= 0.3 is 5.97 Å². The van der Waals surface area contributed by atoms with E-state index in [1.54, 1.807) is 12.1 Å². The summed E-state index contributed by atoms with van der Waals surface area (Å²) in [5, 5.41) is 21.5. The number of carboxylic acid groups (broad SMARTS) is 1. The zero-order chi connectivity index (χ0) is 43.2. The minimum absolute atomic E-state index is 0.00866. The van der Waals surface area contributed by atoms with Crippen LogP contribution in [-0.2, 0) is 20.7 Å². The summed E-state index contributed by atoms with van der Waals surface area (Å²) in [6, 6.07) is 6.45. The highest BCUT2D eigenvalue weighted by atomic mass is 79.9. The molecule has 0 aliphatic carbocycles. The Kier molecular flexibility index (Phi) is 16.7. The summed E-state index contributed by atoms with van der Waals surface area (Å²) in [7, 11) is -3.55. The van der Waals surface area contributed by atoms with E-state index in [2.05, 4.69) is 86.0 Å². The number of hydrogen-bond acceptors (Lipinski definition) is 11. The first-order chi connectivity index (χ1) is 27.1. The van der Waals surface area contributed by atoms with Crippen molar-refractivity contribution >= 4 is 83.0 Å². The maximum absolute atomic E-state index is 13.0. The number of aliphatic hydroxyl groups is 1. The predicted molar refractivity (Wildman–Crippen MR) is 242 cm³/mol. The van der Waals surface area contributed by atoms with E-state index in [4.69, 9.17) is 51.3 Å². The van der Waals surface area contributed by atoms with Crippen LogP contribution in [0.25, 0.3) is 21.3 Å². The summed E-state index contributed by atoms with van der Waals surface area (Å²) >= 11 is 19.0. The van der Waals surface area contributed by atoms with Crippen molar-refractivity contribution in [1.29, 1.82) is 0 Å². The Labute approximate surface area is 366 Å². The zero-order valence-corrected chi connectivity index (χ0v) is 40.8. The number of hydrogen-bond donors (Lipinski definition) is 2. The van der Waals surface area contributed by atoms with E-state index in [1.165, 1.54) is 17.7 Å². The Morgan fingerprint density at radius 1 is 1.03 bits per heavy atom. The third kappa shape index (κ3) is 12.0. The third-order valence-electron chi connectivity index (χ3n) is 9.94. The first-order valence-corrected chi connectivity index (χ1v) is 27.9. The molecule has 2 aromatic carbocycles. The van der Waals surface area contributed by atoms with Crippen molar-refractivity contribution in [3.05, 3.63) is 67.7 Å². The van der Waals surface area contributed by atoms with Crippen LogP contribution in [0.1, 0.15) is 37.5 Å². The Bertz CT molecular complexity index is 2060. The largest absolute Gasteiger partial charge is 0.543 e. The second-order valence-electron chi connectivity index (χ2n) is 16.7. The summed E-state index contributed by atoms with van der Waals surface area (Å²) in [5.41, 5.74) is 3.11. The van der Waals surface area contributed by atoms with Gasteiger partial charge in [0.05, 0.1) is 39.0 Å². The first-order valence-electron chi connectivity index (χ1n) is 18.9. The predicted octanol–water partition coefficient (Wildman–Crippen LogP) is 11.1. The van der Waals surface area contributed by atoms with Crippen LogP contribution in [0, 0.1) is 13.8 Å². The molecule has 4 aromatic rings. The summed E-state index contributed by atoms with van der Waals surface area (Å²) in [4.78, 5) is 22.6. The number of thiophene rings is 1. The molecule has 0 amide bonds. The minimum Gasteiger partial charge on any atom is -0.543 e. The molecule has 0 saturated heterocycles. The number of aliphatic hydroxyl groups excluding tert-OH is 1. The average molecular weight is 959 g/mol. The maximum Gasteiger partial charge on any atom is 0.345 e. The molecule has 0 aliphatic rings. The smallest absolute Gasteiger partial charge is 0.345 e. The lowest BCUT2D eigenvalue weighted by Gasteiger charge is -2.36. The highest BCUT2D eigenvalue weighted by Crippen LogP contribution is 2.52. The van der Waals surface area contributed by atoms with Gasteiger partial charge in [-0.3, -0.25) is 0 Å². The van der Waals surface area contributed by atoms with Gasteiger partial charge in [-0.15, -0.1) is 17.9 Å². The normalized spacial score (nSPS) is 13.3. The van der Waals surface area contributed by atoms with Crippen molar-refractivity contribution in [2.24, 2.45) is 0 Å². The Balaban J connectivity index is 1.75.